The maximum atomic E-state index is 6.41. The summed E-state index contributed by atoms with van der Waals surface area (Å²) in [5.74, 6) is 1.16. The third-order valence-corrected chi connectivity index (χ3v) is 5.18. The lowest BCUT2D eigenvalue weighted by Gasteiger charge is -1.99. The fourth-order valence-electron chi connectivity index (χ4n) is 2.75. The molecule has 0 aliphatic rings. The molecule has 0 aliphatic carbocycles. The van der Waals surface area contributed by atoms with E-state index in [1.54, 1.807) is 17.8 Å². The van der Waals surface area contributed by atoms with E-state index in [4.69, 9.17) is 20.5 Å². The van der Waals surface area contributed by atoms with Gasteiger partial charge in [-0.1, -0.05) is 59.2 Å². The van der Waals surface area contributed by atoms with E-state index in [0.29, 0.717) is 27.9 Å². The van der Waals surface area contributed by atoms with Crippen molar-refractivity contribution >= 4 is 34.5 Å². The number of halogens is 1. The van der Waals surface area contributed by atoms with Gasteiger partial charge < -0.3 is 8.94 Å². The first-order valence-corrected chi connectivity index (χ1v) is 10.1. The van der Waals surface area contributed by atoms with Gasteiger partial charge in [-0.05, 0) is 37.0 Å². The van der Waals surface area contributed by atoms with Crippen molar-refractivity contribution in [2.24, 2.45) is 0 Å². The molecule has 7 heteroatoms. The van der Waals surface area contributed by atoms with E-state index in [-0.39, 0.29) is 5.89 Å². The fourth-order valence-corrected chi connectivity index (χ4v) is 3.36. The summed E-state index contributed by atoms with van der Waals surface area (Å²) in [5, 5.41) is 12.8. The highest BCUT2D eigenvalue weighted by atomic mass is 35.5. The number of hydrogen-bond acceptors (Lipinski definition) is 6. The molecule has 140 valence electrons. The van der Waals surface area contributed by atoms with Crippen molar-refractivity contribution in [3.63, 3.8) is 0 Å². The van der Waals surface area contributed by atoms with Gasteiger partial charge in [0.1, 0.15) is 22.0 Å². The number of rotatable bonds is 5. The van der Waals surface area contributed by atoms with Gasteiger partial charge in [-0.2, -0.15) is 0 Å². The molecule has 0 amide bonds. The predicted octanol–water partition coefficient (Wildman–Crippen LogP) is 6.16. The zero-order chi connectivity index (χ0) is 19.5. The van der Waals surface area contributed by atoms with Crippen molar-refractivity contribution in [3.8, 4) is 22.7 Å². The molecule has 4 rings (SSSR count). The summed E-state index contributed by atoms with van der Waals surface area (Å²) in [6, 6.07) is 17.8. The zero-order valence-electron chi connectivity index (χ0n) is 15.2. The lowest BCUT2D eigenvalue weighted by atomic mass is 10.1. The molecule has 0 bridgehead atoms. The predicted molar refractivity (Wildman–Crippen MR) is 112 cm³/mol. The minimum Gasteiger partial charge on any atom is -0.415 e. The van der Waals surface area contributed by atoms with E-state index in [1.165, 1.54) is 4.90 Å². The summed E-state index contributed by atoms with van der Waals surface area (Å²) in [5.41, 5.74) is 3.18. The maximum Gasteiger partial charge on any atom is 0.259 e. The number of thioether (sulfide) groups is 1. The van der Waals surface area contributed by atoms with Crippen LogP contribution in [0.25, 0.3) is 33.8 Å². The van der Waals surface area contributed by atoms with E-state index in [0.717, 1.165) is 11.1 Å². The van der Waals surface area contributed by atoms with Gasteiger partial charge in [0.2, 0.25) is 0 Å². The number of aromatic nitrogens is 3. The average Bonchev–Trinajstić information content (AvgIpc) is 3.36. The third-order valence-electron chi connectivity index (χ3n) is 4.16. The second kappa shape index (κ2) is 8.04. The molecule has 28 heavy (non-hydrogen) atoms. The number of aryl methyl sites for hydroxylation is 1. The van der Waals surface area contributed by atoms with E-state index >= 15 is 0 Å². The van der Waals surface area contributed by atoms with Crippen molar-refractivity contribution in [1.82, 2.24) is 15.4 Å². The maximum absolute atomic E-state index is 6.41. The summed E-state index contributed by atoms with van der Waals surface area (Å²) < 4.78 is 11.2. The Labute approximate surface area is 171 Å². The number of nitrogens with zero attached hydrogens (tertiary/aromatic N) is 3. The second-order valence-corrected chi connectivity index (χ2v) is 7.29. The van der Waals surface area contributed by atoms with Crippen LogP contribution in [0.2, 0.25) is 0 Å². The van der Waals surface area contributed by atoms with Gasteiger partial charge in [-0.25, -0.2) is 0 Å². The highest BCUT2D eigenvalue weighted by molar-refractivity contribution is 7.98. The standard InChI is InChI=1S/C21H16ClN3O2S/c1-13-18(19(25-27-13)15-6-4-3-5-7-15)21-24-23-20(26-21)17(22)12-14-8-10-16(28-2)11-9-14/h3-12H,1-2H3/b17-12-. The Morgan fingerprint density at radius 2 is 1.79 bits per heavy atom. The van der Waals surface area contributed by atoms with Gasteiger partial charge in [0.15, 0.2) is 0 Å². The van der Waals surface area contributed by atoms with Crippen LogP contribution in [0.3, 0.4) is 0 Å². The minimum atomic E-state index is 0.241. The Hall–Kier alpha value is -2.83. The molecule has 0 spiro atoms. The van der Waals surface area contributed by atoms with Gasteiger partial charge in [0.05, 0.1) is 0 Å². The monoisotopic (exact) mass is 409 g/mol. The quantitative estimate of drug-likeness (QED) is 0.368. The van der Waals surface area contributed by atoms with Crippen LogP contribution < -0.4 is 0 Å². The molecule has 0 fully saturated rings. The Balaban J connectivity index is 1.66. The molecule has 2 heterocycles. The van der Waals surface area contributed by atoms with Crippen LogP contribution in [0.4, 0.5) is 0 Å². The van der Waals surface area contributed by atoms with E-state index in [1.807, 2.05) is 67.8 Å². The van der Waals surface area contributed by atoms with E-state index in [2.05, 4.69) is 15.4 Å². The fraction of sp³-hybridized carbons (Fsp3) is 0.0952. The third kappa shape index (κ3) is 3.74. The molecule has 2 aromatic carbocycles. The molecule has 0 saturated carbocycles. The van der Waals surface area contributed by atoms with Crippen molar-refractivity contribution in [1.29, 1.82) is 0 Å². The largest absolute Gasteiger partial charge is 0.415 e. The van der Waals surface area contributed by atoms with Crippen molar-refractivity contribution in [2.45, 2.75) is 11.8 Å². The number of benzene rings is 2. The Morgan fingerprint density at radius 1 is 1.04 bits per heavy atom. The molecule has 0 saturated heterocycles. The molecule has 0 radical (unpaired) electrons. The highest BCUT2D eigenvalue weighted by Crippen LogP contribution is 2.34. The first-order valence-electron chi connectivity index (χ1n) is 8.53. The van der Waals surface area contributed by atoms with Crippen LogP contribution in [-0.2, 0) is 0 Å². The topological polar surface area (TPSA) is 65.0 Å². The zero-order valence-corrected chi connectivity index (χ0v) is 16.8. The van der Waals surface area contributed by atoms with Crippen LogP contribution in [-0.4, -0.2) is 21.6 Å². The Kier molecular flexibility index (Phi) is 5.32. The van der Waals surface area contributed by atoms with Crippen LogP contribution in [0.5, 0.6) is 0 Å². The molecule has 0 aliphatic heterocycles. The molecule has 5 nitrogen and oxygen atoms in total. The summed E-state index contributed by atoms with van der Waals surface area (Å²) >= 11 is 8.09. The van der Waals surface area contributed by atoms with Crippen molar-refractivity contribution < 1.29 is 8.94 Å². The van der Waals surface area contributed by atoms with Gasteiger partial charge in [-0.3, -0.25) is 0 Å². The second-order valence-electron chi connectivity index (χ2n) is 6.01. The minimum absolute atomic E-state index is 0.241. The van der Waals surface area contributed by atoms with Crippen LogP contribution in [0.1, 0.15) is 17.2 Å². The molecular weight excluding hydrogens is 394 g/mol. The molecule has 0 atom stereocenters. The molecule has 0 N–H and O–H groups in total. The van der Waals surface area contributed by atoms with E-state index < -0.39 is 0 Å². The smallest absolute Gasteiger partial charge is 0.259 e. The lowest BCUT2D eigenvalue weighted by molar-refractivity contribution is 0.399. The summed E-state index contributed by atoms with van der Waals surface area (Å²) in [6.45, 7) is 1.81. The van der Waals surface area contributed by atoms with Gasteiger partial charge in [0, 0.05) is 10.5 Å². The summed E-state index contributed by atoms with van der Waals surface area (Å²) in [4.78, 5) is 1.18. The lowest BCUT2D eigenvalue weighted by Crippen LogP contribution is -1.84. The van der Waals surface area contributed by atoms with Crippen LogP contribution in [0.15, 0.2) is 68.4 Å². The van der Waals surface area contributed by atoms with E-state index in [9.17, 15) is 0 Å². The van der Waals surface area contributed by atoms with Crippen LogP contribution in [0, 0.1) is 6.92 Å². The summed E-state index contributed by atoms with van der Waals surface area (Å²) in [7, 11) is 0. The SMILES string of the molecule is CSc1ccc(/C=C(\Cl)c2nnc(-c3c(-c4ccccc4)noc3C)o2)cc1. The summed E-state index contributed by atoms with van der Waals surface area (Å²) in [6.07, 6.45) is 3.83. The van der Waals surface area contributed by atoms with Gasteiger partial charge in [-0.15, -0.1) is 22.0 Å². The molecular formula is C21H16ClN3O2S. The number of hydrogen-bond donors (Lipinski definition) is 0. The van der Waals surface area contributed by atoms with Crippen LogP contribution >= 0.6 is 23.4 Å². The van der Waals surface area contributed by atoms with Gasteiger partial charge >= 0.3 is 0 Å². The normalized spacial score (nSPS) is 11.8. The molecule has 0 unspecified atom stereocenters. The highest BCUT2D eigenvalue weighted by Gasteiger charge is 2.22. The Morgan fingerprint density at radius 3 is 2.50 bits per heavy atom. The Bertz CT molecular complexity index is 1120. The average molecular weight is 410 g/mol. The molecule has 4 aromatic rings. The first kappa shape index (κ1) is 18.5. The van der Waals surface area contributed by atoms with Crippen molar-refractivity contribution in [3.05, 3.63) is 71.8 Å². The van der Waals surface area contributed by atoms with Gasteiger partial charge in [0.25, 0.3) is 11.8 Å². The molecule has 2 aromatic heterocycles. The van der Waals surface area contributed by atoms with Crippen molar-refractivity contribution in [2.75, 3.05) is 6.26 Å². The first-order chi connectivity index (χ1) is 13.7.